The van der Waals surface area contributed by atoms with Gasteiger partial charge in [0, 0.05) is 29.3 Å². The molecule has 1 heterocycles. The standard InChI is InChI=1S/C26H26BrNO5/c1-14-23(26(30)33-4)24(16-7-10-22(32-3)19(27)11-16)25-20(28-14)12-17(13-21(25)29)15-5-8-18(31-2)9-6-15/h5-11,17,23-24,28H,1,12-13H2,2-4H3. The number of carbonyl (C=O) groups excluding carboxylic acids is 2. The summed E-state index contributed by atoms with van der Waals surface area (Å²) in [5.74, 6) is -0.145. The number of hydrogen-bond acceptors (Lipinski definition) is 6. The van der Waals surface area contributed by atoms with Crippen molar-refractivity contribution < 1.29 is 23.8 Å². The highest BCUT2D eigenvalue weighted by molar-refractivity contribution is 9.10. The lowest BCUT2D eigenvalue weighted by molar-refractivity contribution is -0.144. The van der Waals surface area contributed by atoms with E-state index < -0.39 is 17.8 Å². The molecule has 172 valence electrons. The van der Waals surface area contributed by atoms with Gasteiger partial charge in [-0.15, -0.1) is 0 Å². The summed E-state index contributed by atoms with van der Waals surface area (Å²) in [7, 11) is 4.57. The van der Waals surface area contributed by atoms with E-state index in [9.17, 15) is 9.59 Å². The molecule has 4 rings (SSSR count). The van der Waals surface area contributed by atoms with E-state index in [0.717, 1.165) is 27.0 Å². The Balaban J connectivity index is 1.78. The summed E-state index contributed by atoms with van der Waals surface area (Å²) in [6, 6.07) is 13.4. The minimum atomic E-state index is -0.712. The number of methoxy groups -OCH3 is 3. The van der Waals surface area contributed by atoms with Gasteiger partial charge in [0.1, 0.15) is 17.4 Å². The van der Waals surface area contributed by atoms with Crippen LogP contribution in [-0.2, 0) is 14.3 Å². The first-order chi connectivity index (χ1) is 15.9. The SMILES string of the molecule is C=C1NC2=C(C(=O)CC(c3ccc(OC)cc3)C2)C(c2ccc(OC)c(Br)c2)C1C(=O)OC. The van der Waals surface area contributed by atoms with E-state index in [4.69, 9.17) is 14.2 Å². The van der Waals surface area contributed by atoms with Gasteiger partial charge in [0.05, 0.1) is 25.8 Å². The molecule has 6 nitrogen and oxygen atoms in total. The van der Waals surface area contributed by atoms with Crippen LogP contribution in [0.25, 0.3) is 0 Å². The molecular formula is C26H26BrNO5. The molecule has 0 radical (unpaired) electrons. The lowest BCUT2D eigenvalue weighted by Crippen LogP contribution is -2.42. The van der Waals surface area contributed by atoms with Gasteiger partial charge in [0.2, 0.25) is 0 Å². The number of benzene rings is 2. The van der Waals surface area contributed by atoms with Crippen LogP contribution in [0.1, 0.15) is 35.8 Å². The predicted octanol–water partition coefficient (Wildman–Crippen LogP) is 4.86. The third-order valence-corrected chi connectivity index (χ3v) is 7.04. The van der Waals surface area contributed by atoms with Crippen LogP contribution >= 0.6 is 15.9 Å². The molecule has 0 amide bonds. The van der Waals surface area contributed by atoms with Crippen LogP contribution in [0.15, 0.2) is 70.5 Å². The summed E-state index contributed by atoms with van der Waals surface area (Å²) in [5.41, 5.74) is 3.86. The summed E-state index contributed by atoms with van der Waals surface area (Å²) >= 11 is 3.53. The number of nitrogens with one attached hydrogen (secondary N) is 1. The summed E-state index contributed by atoms with van der Waals surface area (Å²) in [6.45, 7) is 4.12. The van der Waals surface area contributed by atoms with Crippen LogP contribution in [0.3, 0.4) is 0 Å². The molecule has 33 heavy (non-hydrogen) atoms. The summed E-state index contributed by atoms with van der Waals surface area (Å²) in [6.07, 6.45) is 1.01. The summed E-state index contributed by atoms with van der Waals surface area (Å²) in [4.78, 5) is 26.3. The van der Waals surface area contributed by atoms with Crippen molar-refractivity contribution >= 4 is 27.7 Å². The maximum absolute atomic E-state index is 13.5. The largest absolute Gasteiger partial charge is 0.497 e. The number of esters is 1. The molecule has 3 atom stereocenters. The van der Waals surface area contributed by atoms with E-state index in [-0.39, 0.29) is 11.7 Å². The van der Waals surface area contributed by atoms with E-state index >= 15 is 0 Å². The van der Waals surface area contributed by atoms with Crippen molar-refractivity contribution in [1.82, 2.24) is 5.32 Å². The number of ether oxygens (including phenoxy) is 3. The van der Waals surface area contributed by atoms with Gasteiger partial charge in [0.15, 0.2) is 5.78 Å². The Labute approximate surface area is 201 Å². The zero-order chi connectivity index (χ0) is 23.7. The average molecular weight is 512 g/mol. The van der Waals surface area contributed by atoms with Crippen LogP contribution in [0.4, 0.5) is 0 Å². The maximum Gasteiger partial charge on any atom is 0.315 e. The predicted molar refractivity (Wildman–Crippen MR) is 128 cm³/mol. The number of hydrogen-bond donors (Lipinski definition) is 1. The van der Waals surface area contributed by atoms with Crippen LogP contribution in [0, 0.1) is 5.92 Å². The van der Waals surface area contributed by atoms with Gasteiger partial charge < -0.3 is 19.5 Å². The molecule has 0 saturated carbocycles. The van der Waals surface area contributed by atoms with Crippen molar-refractivity contribution in [3.05, 3.63) is 81.6 Å². The van der Waals surface area contributed by atoms with Crippen LogP contribution < -0.4 is 14.8 Å². The zero-order valence-electron chi connectivity index (χ0n) is 18.8. The molecule has 0 saturated heterocycles. The van der Waals surface area contributed by atoms with Crippen molar-refractivity contribution in [3.8, 4) is 11.5 Å². The van der Waals surface area contributed by atoms with Crippen molar-refractivity contribution in [2.45, 2.75) is 24.7 Å². The lowest BCUT2D eigenvalue weighted by atomic mass is 9.69. The maximum atomic E-state index is 13.5. The molecule has 2 aromatic rings. The number of Topliss-reactive ketones (excluding diaryl/α,β-unsaturated/α-hetero) is 1. The average Bonchev–Trinajstić information content (AvgIpc) is 2.82. The van der Waals surface area contributed by atoms with Crippen molar-refractivity contribution in [3.63, 3.8) is 0 Å². The minimum Gasteiger partial charge on any atom is -0.497 e. The van der Waals surface area contributed by atoms with E-state index in [0.29, 0.717) is 29.9 Å². The monoisotopic (exact) mass is 511 g/mol. The topological polar surface area (TPSA) is 73.9 Å². The van der Waals surface area contributed by atoms with E-state index in [1.54, 1.807) is 14.2 Å². The van der Waals surface area contributed by atoms with Gasteiger partial charge in [-0.05, 0) is 63.7 Å². The summed E-state index contributed by atoms with van der Waals surface area (Å²) in [5, 5.41) is 3.28. The first kappa shape index (κ1) is 23.1. The highest BCUT2D eigenvalue weighted by atomic mass is 79.9. The second kappa shape index (κ2) is 9.43. The Kier molecular flexibility index (Phi) is 6.61. The quantitative estimate of drug-likeness (QED) is 0.578. The second-order valence-corrected chi connectivity index (χ2v) is 9.07. The molecule has 3 unspecified atom stereocenters. The van der Waals surface area contributed by atoms with Crippen molar-refractivity contribution in [2.75, 3.05) is 21.3 Å². The highest BCUT2D eigenvalue weighted by Gasteiger charge is 2.45. The van der Waals surface area contributed by atoms with Crippen LogP contribution in [0.5, 0.6) is 11.5 Å². The third kappa shape index (κ3) is 4.29. The van der Waals surface area contributed by atoms with Crippen LogP contribution in [-0.4, -0.2) is 33.1 Å². The molecule has 1 aliphatic heterocycles. The third-order valence-electron chi connectivity index (χ3n) is 6.42. The molecule has 0 spiro atoms. The van der Waals surface area contributed by atoms with Crippen molar-refractivity contribution in [1.29, 1.82) is 0 Å². The fraction of sp³-hybridized carbons (Fsp3) is 0.308. The van der Waals surface area contributed by atoms with Gasteiger partial charge in [-0.25, -0.2) is 0 Å². The number of halogens is 1. The molecule has 0 fully saturated rings. The zero-order valence-corrected chi connectivity index (χ0v) is 20.4. The first-order valence-electron chi connectivity index (χ1n) is 10.6. The molecule has 1 N–H and O–H groups in total. The van der Waals surface area contributed by atoms with E-state index in [1.165, 1.54) is 7.11 Å². The van der Waals surface area contributed by atoms with Gasteiger partial charge in [-0.1, -0.05) is 24.8 Å². The Morgan fingerprint density at radius 1 is 1.03 bits per heavy atom. The number of allylic oxidation sites excluding steroid dienone is 2. The molecule has 0 aromatic heterocycles. The van der Waals surface area contributed by atoms with Gasteiger partial charge >= 0.3 is 5.97 Å². The number of rotatable bonds is 5. The van der Waals surface area contributed by atoms with E-state index in [2.05, 4.69) is 27.8 Å². The smallest absolute Gasteiger partial charge is 0.315 e. The highest BCUT2D eigenvalue weighted by Crippen LogP contribution is 2.48. The van der Waals surface area contributed by atoms with Gasteiger partial charge in [-0.2, -0.15) is 0 Å². The minimum absolute atomic E-state index is 0.0166. The molecule has 2 aromatic carbocycles. The molecular weight excluding hydrogens is 486 g/mol. The Morgan fingerprint density at radius 2 is 1.73 bits per heavy atom. The van der Waals surface area contributed by atoms with Gasteiger partial charge in [-0.3, -0.25) is 9.59 Å². The number of carbonyl (C=O) groups is 2. The molecule has 1 aliphatic carbocycles. The molecule has 0 bridgehead atoms. The Morgan fingerprint density at radius 3 is 2.33 bits per heavy atom. The normalized spacial score (nSPS) is 22.4. The second-order valence-electron chi connectivity index (χ2n) is 8.22. The Bertz CT molecular complexity index is 1140. The van der Waals surface area contributed by atoms with Gasteiger partial charge in [0.25, 0.3) is 0 Å². The first-order valence-corrected chi connectivity index (χ1v) is 11.4. The van der Waals surface area contributed by atoms with Crippen molar-refractivity contribution in [2.24, 2.45) is 5.92 Å². The fourth-order valence-electron chi connectivity index (χ4n) is 4.80. The fourth-order valence-corrected chi connectivity index (χ4v) is 5.36. The number of ketones is 1. The van der Waals surface area contributed by atoms with Crippen LogP contribution in [0.2, 0.25) is 0 Å². The Hall–Kier alpha value is -3.06. The molecule has 2 aliphatic rings. The lowest BCUT2D eigenvalue weighted by Gasteiger charge is -2.40. The van der Waals surface area contributed by atoms with E-state index in [1.807, 2.05) is 42.5 Å². The molecule has 7 heteroatoms. The summed E-state index contributed by atoms with van der Waals surface area (Å²) < 4.78 is 16.4.